The molecule has 0 saturated carbocycles. The number of nitrogens with two attached hydrogens (primary N) is 2. The molecule has 2 saturated heterocycles. The van der Waals surface area contributed by atoms with Crippen molar-refractivity contribution in [2.24, 2.45) is 21.8 Å². The van der Waals surface area contributed by atoms with Gasteiger partial charge in [0.25, 0.3) is 0 Å². The van der Waals surface area contributed by atoms with Crippen LogP contribution in [0, 0.1) is 10.8 Å². The molecule has 6 rings (SSSR count). The van der Waals surface area contributed by atoms with Crippen molar-refractivity contribution in [2.75, 3.05) is 39.3 Å². The second-order valence-electron chi connectivity index (χ2n) is 13.7. The quantitative estimate of drug-likeness (QED) is 0.128. The topological polar surface area (TPSA) is 221 Å². The second-order valence-corrected chi connectivity index (χ2v) is 13.7. The van der Waals surface area contributed by atoms with Crippen LogP contribution in [0.2, 0.25) is 0 Å². The zero-order chi connectivity index (χ0) is 38.9. The zero-order valence-electron chi connectivity index (χ0n) is 31.0. The number of amides is 1. The van der Waals surface area contributed by atoms with Crippen molar-refractivity contribution in [1.29, 1.82) is 10.8 Å². The van der Waals surface area contributed by atoms with Crippen LogP contribution in [0.3, 0.4) is 0 Å². The van der Waals surface area contributed by atoms with Crippen molar-refractivity contribution in [3.05, 3.63) is 70.8 Å². The molecule has 2 spiro atoms. The van der Waals surface area contributed by atoms with E-state index < -0.39 is 0 Å². The normalized spacial score (nSPS) is 18.0. The highest BCUT2D eigenvalue weighted by molar-refractivity contribution is 6.03. The molecule has 1 amide bonds. The Morgan fingerprint density at radius 2 is 1.19 bits per heavy atom. The Balaban J connectivity index is 0.000000261. The Hall–Kier alpha value is -4.95. The van der Waals surface area contributed by atoms with Crippen molar-refractivity contribution in [3.8, 4) is 0 Å². The third-order valence-corrected chi connectivity index (χ3v) is 10.2. The van der Waals surface area contributed by atoms with Crippen molar-refractivity contribution >= 4 is 42.6 Å². The highest BCUT2D eigenvalue weighted by Gasteiger charge is 2.43. The third-order valence-electron chi connectivity index (χ3n) is 10.2. The van der Waals surface area contributed by atoms with E-state index in [-0.39, 0.29) is 35.4 Å². The molecule has 4 heterocycles. The maximum atomic E-state index is 12.1. The number of piperidine rings is 2. The maximum absolute atomic E-state index is 12.1. The lowest BCUT2D eigenvalue weighted by Crippen LogP contribution is -2.46. The third kappa shape index (κ3) is 11.8. The van der Waals surface area contributed by atoms with Crippen LogP contribution in [0.5, 0.6) is 0 Å². The van der Waals surface area contributed by atoms with E-state index in [0.717, 1.165) is 79.7 Å². The lowest BCUT2D eigenvalue weighted by Gasteiger charge is -2.37. The highest BCUT2D eigenvalue weighted by Crippen LogP contribution is 2.37. The number of benzene rings is 2. The van der Waals surface area contributed by atoms with Gasteiger partial charge in [0.1, 0.15) is 36.5 Å². The Morgan fingerprint density at radius 3 is 1.58 bits per heavy atom. The molecule has 2 fully saturated rings. The summed E-state index contributed by atoms with van der Waals surface area (Å²) in [5, 5.41) is 32.4. The summed E-state index contributed by atoms with van der Waals surface area (Å²) in [5.74, 6) is 0.242. The number of rotatable bonds is 11. The molecular formula is C39H56N8O6. The molecule has 0 atom stereocenters. The predicted molar refractivity (Wildman–Crippen MR) is 206 cm³/mol. The number of nitrogens with zero attached hydrogens (tertiary/aromatic N) is 4. The van der Waals surface area contributed by atoms with Gasteiger partial charge >= 0.3 is 0 Å². The lowest BCUT2D eigenvalue weighted by atomic mass is 9.85. The Bertz CT molecular complexity index is 1540. The maximum Gasteiger partial charge on any atom is 0.222 e. The van der Waals surface area contributed by atoms with Crippen molar-refractivity contribution in [3.63, 3.8) is 0 Å². The first-order chi connectivity index (χ1) is 25.6. The number of carbonyl (C=O) groups excluding carboxylic acids is 3. The summed E-state index contributed by atoms with van der Waals surface area (Å²) < 4.78 is 0. The molecular weight excluding hydrogens is 676 g/mol. The molecule has 7 N–H and O–H groups in total. The van der Waals surface area contributed by atoms with Crippen LogP contribution < -0.4 is 11.5 Å². The molecule has 2 aromatic carbocycles. The van der Waals surface area contributed by atoms with E-state index in [1.54, 1.807) is 0 Å². The Labute approximate surface area is 312 Å². The number of nitrogens with one attached hydrogen (secondary N) is 2. The number of amidine groups is 2. The Morgan fingerprint density at radius 1 is 0.755 bits per heavy atom. The monoisotopic (exact) mass is 732 g/mol. The van der Waals surface area contributed by atoms with Crippen LogP contribution in [0.1, 0.15) is 99.8 Å². The molecule has 0 aliphatic carbocycles. The minimum atomic E-state index is -0.317. The minimum absolute atomic E-state index is 0.0471. The summed E-state index contributed by atoms with van der Waals surface area (Å²) in [5.41, 5.74) is 16.0. The van der Waals surface area contributed by atoms with Gasteiger partial charge in [-0.05, 0) is 30.5 Å². The number of carbonyl (C=O) groups is 3. The van der Waals surface area contributed by atoms with Gasteiger partial charge in [0.05, 0.1) is 11.4 Å². The number of aliphatic hydroxyl groups is 1. The van der Waals surface area contributed by atoms with Crippen molar-refractivity contribution < 1.29 is 29.2 Å². The zero-order valence-corrected chi connectivity index (χ0v) is 31.0. The SMILES string of the molecule is C=O.C=O.CCCCCN1CCC2(CC1)CC(c1ccc(C(=N)N)cc1)=NO2.N=C(N)c1ccc(C2=NOC3(CCN(C(=O)CCCO)CC3)C2)cc1. The first-order valence-corrected chi connectivity index (χ1v) is 18.2. The summed E-state index contributed by atoms with van der Waals surface area (Å²) >= 11 is 0. The van der Waals surface area contributed by atoms with Crippen LogP contribution in [-0.2, 0) is 24.1 Å². The number of hydrogen-bond acceptors (Lipinski definition) is 11. The van der Waals surface area contributed by atoms with E-state index in [0.29, 0.717) is 31.5 Å². The Kier molecular flexibility index (Phi) is 16.8. The number of nitrogen functional groups attached to an aromatic ring is 2. The summed E-state index contributed by atoms with van der Waals surface area (Å²) in [6.45, 7) is 11.0. The number of aliphatic hydroxyl groups excluding tert-OH is 1. The summed E-state index contributed by atoms with van der Waals surface area (Å²) in [6, 6.07) is 15.2. The van der Waals surface area contributed by atoms with Gasteiger partial charge in [0.15, 0.2) is 0 Å². The first kappa shape index (κ1) is 42.5. The van der Waals surface area contributed by atoms with Gasteiger partial charge in [-0.15, -0.1) is 0 Å². The van der Waals surface area contributed by atoms with Crippen LogP contribution in [-0.4, -0.2) is 108 Å². The molecule has 0 bridgehead atoms. The second kappa shape index (κ2) is 20.9. The number of unbranched alkanes of at least 4 members (excludes halogenated alkanes) is 2. The van der Waals surface area contributed by atoms with Gasteiger partial charge in [-0.3, -0.25) is 15.6 Å². The largest absolute Gasteiger partial charge is 0.396 e. The van der Waals surface area contributed by atoms with E-state index in [1.807, 2.05) is 67.0 Å². The van der Waals surface area contributed by atoms with E-state index in [4.69, 9.17) is 46.7 Å². The molecule has 0 unspecified atom stereocenters. The standard InChI is InChI=1S/C19H28N4O.C18H24N4O3.2CH2O/c1-2-3-4-11-23-12-9-19(10-13-23)14-17(22-24-19)15-5-7-16(8-6-15)18(20)21;19-17(20)14-5-3-13(4-6-14)15-12-18(25-21-15)7-9-22(10-8-18)16(24)2-1-11-23;2*1-2/h5-8H,2-4,9-14H2,1H3,(H3,20,21);3-6,23H,1-2,7-12H2,(H3,19,20);2*1H2. The molecule has 14 nitrogen and oxygen atoms in total. The minimum Gasteiger partial charge on any atom is -0.396 e. The molecule has 53 heavy (non-hydrogen) atoms. The average Bonchev–Trinajstić information content (AvgIpc) is 3.81. The summed E-state index contributed by atoms with van der Waals surface area (Å²) in [4.78, 5) is 44.1. The molecule has 4 aliphatic rings. The van der Waals surface area contributed by atoms with E-state index in [9.17, 15) is 4.79 Å². The average molecular weight is 733 g/mol. The van der Waals surface area contributed by atoms with Gasteiger partial charge in [0.2, 0.25) is 5.91 Å². The van der Waals surface area contributed by atoms with Crippen molar-refractivity contribution in [2.45, 2.75) is 88.8 Å². The highest BCUT2D eigenvalue weighted by atomic mass is 16.7. The van der Waals surface area contributed by atoms with Crippen LogP contribution in [0.4, 0.5) is 0 Å². The molecule has 14 heteroatoms. The first-order valence-electron chi connectivity index (χ1n) is 18.2. The summed E-state index contributed by atoms with van der Waals surface area (Å²) in [7, 11) is 0. The fraction of sp³-hybridized carbons (Fsp3) is 0.513. The van der Waals surface area contributed by atoms with Gasteiger partial charge in [-0.25, -0.2) is 0 Å². The van der Waals surface area contributed by atoms with Crippen molar-refractivity contribution in [1.82, 2.24) is 9.80 Å². The van der Waals surface area contributed by atoms with Gasteiger partial charge < -0.3 is 45.6 Å². The van der Waals surface area contributed by atoms with E-state index in [1.165, 1.54) is 25.8 Å². The molecule has 2 aromatic rings. The van der Waals surface area contributed by atoms with Gasteiger partial charge in [0, 0.05) is 88.9 Å². The summed E-state index contributed by atoms with van der Waals surface area (Å²) in [6.07, 6.45) is 10.0. The molecule has 0 aromatic heterocycles. The lowest BCUT2D eigenvalue weighted by molar-refractivity contribution is -0.137. The smallest absolute Gasteiger partial charge is 0.222 e. The molecule has 0 radical (unpaired) electrons. The number of hydrogen-bond donors (Lipinski definition) is 5. The molecule has 4 aliphatic heterocycles. The molecule has 288 valence electrons. The predicted octanol–water partition coefficient (Wildman–Crippen LogP) is 3.98. The van der Waals surface area contributed by atoms with Crippen LogP contribution in [0.15, 0.2) is 58.8 Å². The van der Waals surface area contributed by atoms with E-state index >= 15 is 0 Å². The number of oxime groups is 2. The van der Waals surface area contributed by atoms with Crippen LogP contribution >= 0.6 is 0 Å². The van der Waals surface area contributed by atoms with Gasteiger partial charge in [-0.2, -0.15) is 0 Å². The van der Waals surface area contributed by atoms with E-state index in [2.05, 4.69) is 22.1 Å². The van der Waals surface area contributed by atoms with Gasteiger partial charge in [-0.1, -0.05) is 78.6 Å². The fourth-order valence-corrected chi connectivity index (χ4v) is 6.89. The number of likely N-dealkylation sites (tertiary alicyclic amines) is 2. The fourth-order valence-electron chi connectivity index (χ4n) is 6.89. The van der Waals surface area contributed by atoms with Crippen LogP contribution in [0.25, 0.3) is 0 Å².